The van der Waals surface area contributed by atoms with E-state index >= 15 is 0 Å². The maximum Gasteiger partial charge on any atom is 0.239 e. The van der Waals surface area contributed by atoms with Crippen molar-refractivity contribution in [2.75, 3.05) is 0 Å². The average molecular weight is 232 g/mol. The van der Waals surface area contributed by atoms with Gasteiger partial charge in [0.15, 0.2) is 6.23 Å². The third kappa shape index (κ3) is 1.65. The standard InChI is InChI=1S/C12H12N2OS/c1-8-2-3-10-12(13-6-8)15-11(14-10)9-4-5-16-7-9/h3-7,11,14H,2H2,1H3. The number of rotatable bonds is 1. The van der Waals surface area contributed by atoms with Gasteiger partial charge in [0.2, 0.25) is 5.90 Å². The summed E-state index contributed by atoms with van der Waals surface area (Å²) in [5.74, 6) is 0.702. The van der Waals surface area contributed by atoms with Gasteiger partial charge >= 0.3 is 0 Å². The molecule has 2 aliphatic heterocycles. The summed E-state index contributed by atoms with van der Waals surface area (Å²) in [5, 5.41) is 7.48. The number of hydrogen-bond acceptors (Lipinski definition) is 4. The predicted molar refractivity (Wildman–Crippen MR) is 65.2 cm³/mol. The monoisotopic (exact) mass is 232 g/mol. The highest BCUT2D eigenvalue weighted by Crippen LogP contribution is 2.27. The maximum atomic E-state index is 5.77. The van der Waals surface area contributed by atoms with E-state index in [1.54, 1.807) is 11.3 Å². The molecule has 0 aromatic carbocycles. The second-order valence-electron chi connectivity index (χ2n) is 3.93. The van der Waals surface area contributed by atoms with Crippen LogP contribution in [0.25, 0.3) is 0 Å². The SMILES string of the molecule is CC1=CN=C2OC(c3ccsc3)NC2=CC1. The third-order valence-electron chi connectivity index (χ3n) is 2.62. The normalized spacial score (nSPS) is 23.3. The Morgan fingerprint density at radius 2 is 2.50 bits per heavy atom. The Hall–Kier alpha value is -1.55. The highest BCUT2D eigenvalue weighted by atomic mass is 32.1. The van der Waals surface area contributed by atoms with Crippen LogP contribution in [0.4, 0.5) is 0 Å². The van der Waals surface area contributed by atoms with Gasteiger partial charge in [-0.3, -0.25) is 0 Å². The van der Waals surface area contributed by atoms with Crippen molar-refractivity contribution in [3.8, 4) is 0 Å². The molecular formula is C12H12N2OS. The van der Waals surface area contributed by atoms with Crippen LogP contribution in [0.5, 0.6) is 0 Å². The van der Waals surface area contributed by atoms with Crippen LogP contribution in [0.1, 0.15) is 25.1 Å². The molecule has 0 aliphatic carbocycles. The van der Waals surface area contributed by atoms with Crippen molar-refractivity contribution in [3.63, 3.8) is 0 Å². The average Bonchev–Trinajstić information content (AvgIpc) is 2.90. The zero-order chi connectivity index (χ0) is 11.0. The Morgan fingerprint density at radius 3 is 3.31 bits per heavy atom. The first-order valence-electron chi connectivity index (χ1n) is 5.22. The van der Waals surface area contributed by atoms with E-state index in [1.807, 2.05) is 6.20 Å². The van der Waals surface area contributed by atoms with E-state index in [0.29, 0.717) is 5.90 Å². The van der Waals surface area contributed by atoms with Crippen LogP contribution in [0.15, 0.2) is 45.4 Å². The first kappa shape index (κ1) is 9.66. The molecular weight excluding hydrogens is 220 g/mol. The fourth-order valence-corrected chi connectivity index (χ4v) is 2.39. The lowest BCUT2D eigenvalue weighted by Gasteiger charge is -2.07. The summed E-state index contributed by atoms with van der Waals surface area (Å²) in [6.45, 7) is 2.07. The van der Waals surface area contributed by atoms with E-state index < -0.39 is 0 Å². The molecule has 3 rings (SSSR count). The minimum atomic E-state index is -0.0805. The van der Waals surface area contributed by atoms with E-state index in [-0.39, 0.29) is 6.23 Å². The summed E-state index contributed by atoms with van der Waals surface area (Å²) in [6, 6.07) is 2.07. The predicted octanol–water partition coefficient (Wildman–Crippen LogP) is 2.96. The molecule has 4 heteroatoms. The van der Waals surface area contributed by atoms with Gasteiger partial charge in [-0.05, 0) is 30.2 Å². The topological polar surface area (TPSA) is 33.6 Å². The lowest BCUT2D eigenvalue weighted by atomic mass is 10.2. The lowest BCUT2D eigenvalue weighted by Crippen LogP contribution is -2.12. The van der Waals surface area contributed by atoms with Crippen molar-refractivity contribution in [1.82, 2.24) is 5.32 Å². The quantitative estimate of drug-likeness (QED) is 0.807. The molecule has 2 aliphatic rings. The van der Waals surface area contributed by atoms with Crippen LogP contribution in [0.2, 0.25) is 0 Å². The molecule has 1 N–H and O–H groups in total. The van der Waals surface area contributed by atoms with Gasteiger partial charge in [0, 0.05) is 11.8 Å². The van der Waals surface area contributed by atoms with Crippen molar-refractivity contribution in [2.24, 2.45) is 4.99 Å². The third-order valence-corrected chi connectivity index (χ3v) is 3.32. The van der Waals surface area contributed by atoms with Gasteiger partial charge in [-0.1, -0.05) is 11.6 Å². The number of aliphatic imine (C=N–C) groups is 1. The van der Waals surface area contributed by atoms with E-state index in [2.05, 4.69) is 40.1 Å². The van der Waals surface area contributed by atoms with Crippen LogP contribution in [-0.2, 0) is 4.74 Å². The summed E-state index contributed by atoms with van der Waals surface area (Å²) in [5.41, 5.74) is 3.40. The molecule has 1 fully saturated rings. The second-order valence-corrected chi connectivity index (χ2v) is 4.71. The first-order valence-corrected chi connectivity index (χ1v) is 6.16. The van der Waals surface area contributed by atoms with Gasteiger partial charge in [-0.2, -0.15) is 11.3 Å². The molecule has 1 unspecified atom stereocenters. The van der Waals surface area contributed by atoms with Crippen LogP contribution in [0.3, 0.4) is 0 Å². The molecule has 3 heterocycles. The number of ether oxygens (including phenoxy) is 1. The van der Waals surface area contributed by atoms with Gasteiger partial charge in [-0.25, -0.2) is 4.99 Å². The first-order chi connectivity index (χ1) is 7.83. The van der Waals surface area contributed by atoms with Gasteiger partial charge in [-0.15, -0.1) is 0 Å². The zero-order valence-electron chi connectivity index (χ0n) is 8.93. The van der Waals surface area contributed by atoms with Crippen LogP contribution in [0, 0.1) is 0 Å². The highest BCUT2D eigenvalue weighted by molar-refractivity contribution is 7.07. The fraction of sp³-hybridized carbons (Fsp3) is 0.250. The number of fused-ring (bicyclic) bond motifs is 1. The molecule has 0 saturated carbocycles. The Kier molecular flexibility index (Phi) is 2.29. The molecule has 3 nitrogen and oxygen atoms in total. The number of thiophene rings is 1. The van der Waals surface area contributed by atoms with Gasteiger partial charge < -0.3 is 10.1 Å². The second kappa shape index (κ2) is 3.79. The van der Waals surface area contributed by atoms with Gasteiger partial charge in [0.25, 0.3) is 0 Å². The van der Waals surface area contributed by atoms with Gasteiger partial charge in [0.1, 0.15) is 0 Å². The van der Waals surface area contributed by atoms with E-state index in [4.69, 9.17) is 4.74 Å². The van der Waals surface area contributed by atoms with E-state index in [9.17, 15) is 0 Å². The molecule has 16 heavy (non-hydrogen) atoms. The van der Waals surface area contributed by atoms with Crippen molar-refractivity contribution < 1.29 is 4.74 Å². The fourth-order valence-electron chi connectivity index (χ4n) is 1.71. The molecule has 1 aromatic heterocycles. The number of nitrogens with one attached hydrogen (secondary N) is 1. The molecule has 0 radical (unpaired) electrons. The summed E-state index contributed by atoms with van der Waals surface area (Å²) in [7, 11) is 0. The Morgan fingerprint density at radius 1 is 1.56 bits per heavy atom. The number of nitrogens with zero attached hydrogens (tertiary/aromatic N) is 1. The summed E-state index contributed by atoms with van der Waals surface area (Å²) in [6.07, 6.45) is 4.85. The van der Waals surface area contributed by atoms with Crippen LogP contribution < -0.4 is 5.32 Å². The molecule has 0 amide bonds. The number of allylic oxidation sites excluding steroid dienone is 2. The van der Waals surface area contributed by atoms with Crippen molar-refractivity contribution in [2.45, 2.75) is 19.6 Å². The number of hydrogen-bond donors (Lipinski definition) is 1. The van der Waals surface area contributed by atoms with Crippen molar-refractivity contribution in [1.29, 1.82) is 0 Å². The van der Waals surface area contributed by atoms with E-state index in [0.717, 1.165) is 17.7 Å². The Labute approximate surface area is 98.2 Å². The molecule has 1 aromatic rings. The zero-order valence-corrected chi connectivity index (χ0v) is 9.75. The minimum absolute atomic E-state index is 0.0805. The summed E-state index contributed by atoms with van der Waals surface area (Å²) in [4.78, 5) is 4.33. The Bertz CT molecular complexity index is 485. The summed E-state index contributed by atoms with van der Waals surface area (Å²) < 4.78 is 5.77. The molecule has 1 saturated heterocycles. The van der Waals surface area contributed by atoms with Crippen molar-refractivity contribution in [3.05, 3.63) is 45.9 Å². The molecule has 0 spiro atoms. The molecule has 0 bridgehead atoms. The van der Waals surface area contributed by atoms with Crippen molar-refractivity contribution >= 4 is 17.2 Å². The molecule has 82 valence electrons. The van der Waals surface area contributed by atoms with Crippen LogP contribution >= 0.6 is 11.3 Å². The van der Waals surface area contributed by atoms with Gasteiger partial charge in [0.05, 0.1) is 5.70 Å². The van der Waals surface area contributed by atoms with E-state index in [1.165, 1.54) is 5.57 Å². The van der Waals surface area contributed by atoms with Crippen LogP contribution in [-0.4, -0.2) is 5.90 Å². The minimum Gasteiger partial charge on any atom is -0.448 e. The highest BCUT2D eigenvalue weighted by Gasteiger charge is 2.27. The lowest BCUT2D eigenvalue weighted by molar-refractivity contribution is 0.203. The Balaban J connectivity index is 1.88. The maximum absolute atomic E-state index is 5.77. The smallest absolute Gasteiger partial charge is 0.239 e. The largest absolute Gasteiger partial charge is 0.448 e. The summed E-state index contributed by atoms with van der Waals surface area (Å²) >= 11 is 1.67. The molecule has 1 atom stereocenters.